The van der Waals surface area contributed by atoms with E-state index in [2.05, 4.69) is 45.0 Å². The highest BCUT2D eigenvalue weighted by Gasteiger charge is 2.36. The van der Waals surface area contributed by atoms with Gasteiger partial charge in [-0.05, 0) is 49.2 Å². The zero-order valence-electron chi connectivity index (χ0n) is 14.4. The van der Waals surface area contributed by atoms with Crippen LogP contribution in [0.25, 0.3) is 5.82 Å². The third-order valence-corrected chi connectivity index (χ3v) is 4.30. The number of hydrogen-bond acceptors (Lipinski definition) is 5. The second kappa shape index (κ2) is 7.41. The number of aliphatic imine (C=N–C) groups is 1. The third-order valence-electron chi connectivity index (χ3n) is 4.30. The number of nitrogens with zero attached hydrogens (tertiary/aromatic N) is 3. The van der Waals surface area contributed by atoms with Crippen molar-refractivity contribution in [1.29, 1.82) is 0 Å². The number of furan rings is 1. The largest absolute Gasteiger partial charge is 0.463 e. The molecule has 1 aliphatic rings. The van der Waals surface area contributed by atoms with E-state index in [9.17, 15) is 0 Å². The van der Waals surface area contributed by atoms with Crippen molar-refractivity contribution >= 4 is 12.0 Å². The maximum absolute atomic E-state index is 5.66. The smallest absolute Gasteiger partial charge is 0.246 e. The Bertz CT molecular complexity index is 868. The molecule has 0 radical (unpaired) electrons. The number of aromatic nitrogens is 2. The van der Waals surface area contributed by atoms with Crippen molar-refractivity contribution in [3.8, 4) is 0 Å². The molecule has 6 heteroatoms. The molecule has 3 heterocycles. The van der Waals surface area contributed by atoms with Crippen LogP contribution in [0, 0.1) is 0 Å². The first-order valence-corrected chi connectivity index (χ1v) is 8.72. The number of rotatable bonds is 7. The van der Waals surface area contributed by atoms with Gasteiger partial charge in [0.2, 0.25) is 5.79 Å². The number of benzene rings is 1. The molecule has 2 aromatic heterocycles. The molecule has 4 rings (SSSR count). The van der Waals surface area contributed by atoms with E-state index in [4.69, 9.17) is 4.42 Å². The van der Waals surface area contributed by atoms with Gasteiger partial charge in [0, 0.05) is 18.6 Å². The SMILES string of the molecule is C1=NC(NCCCc2ccccc2)(c2ccco2)NC(n2cccn2)=C1. The molecule has 1 atom stereocenters. The van der Waals surface area contributed by atoms with Crippen LogP contribution < -0.4 is 10.6 Å². The summed E-state index contributed by atoms with van der Waals surface area (Å²) in [6.07, 6.45) is 11.0. The van der Waals surface area contributed by atoms with Crippen LogP contribution in [0.4, 0.5) is 0 Å². The average Bonchev–Trinajstić information content (AvgIpc) is 3.41. The summed E-state index contributed by atoms with van der Waals surface area (Å²) < 4.78 is 7.43. The summed E-state index contributed by atoms with van der Waals surface area (Å²) in [7, 11) is 0. The van der Waals surface area contributed by atoms with Crippen molar-refractivity contribution in [3.05, 3.63) is 84.6 Å². The highest BCUT2D eigenvalue weighted by Crippen LogP contribution is 2.25. The fraction of sp³-hybridized carbons (Fsp3) is 0.200. The zero-order valence-corrected chi connectivity index (χ0v) is 14.4. The van der Waals surface area contributed by atoms with Gasteiger partial charge in [-0.2, -0.15) is 5.10 Å². The summed E-state index contributed by atoms with van der Waals surface area (Å²) in [5, 5.41) is 11.2. The molecule has 0 aliphatic carbocycles. The molecule has 6 nitrogen and oxygen atoms in total. The molecule has 132 valence electrons. The first-order valence-electron chi connectivity index (χ1n) is 8.72. The normalized spacial score (nSPS) is 19.2. The molecular weight excluding hydrogens is 326 g/mol. The maximum Gasteiger partial charge on any atom is 0.246 e. The lowest BCUT2D eigenvalue weighted by Gasteiger charge is -2.33. The van der Waals surface area contributed by atoms with Gasteiger partial charge < -0.3 is 9.73 Å². The van der Waals surface area contributed by atoms with Gasteiger partial charge in [0.25, 0.3) is 0 Å². The topological polar surface area (TPSA) is 67.4 Å². The Kier molecular flexibility index (Phi) is 4.66. The average molecular weight is 347 g/mol. The second-order valence-corrected chi connectivity index (χ2v) is 6.11. The Hall–Kier alpha value is -3.12. The molecule has 1 aliphatic heterocycles. The van der Waals surface area contributed by atoms with E-state index in [1.807, 2.05) is 36.5 Å². The minimum absolute atomic E-state index is 0.714. The Morgan fingerprint density at radius 2 is 2.04 bits per heavy atom. The van der Waals surface area contributed by atoms with Crippen molar-refractivity contribution in [3.63, 3.8) is 0 Å². The first kappa shape index (κ1) is 16.4. The number of aryl methyl sites for hydroxylation is 1. The molecule has 0 saturated carbocycles. The van der Waals surface area contributed by atoms with Gasteiger partial charge in [-0.3, -0.25) is 5.32 Å². The molecule has 0 fully saturated rings. The lowest BCUT2D eigenvalue weighted by molar-refractivity contribution is 0.248. The molecule has 3 aromatic rings. The Morgan fingerprint density at radius 3 is 2.81 bits per heavy atom. The zero-order chi connectivity index (χ0) is 17.7. The molecule has 0 amide bonds. The van der Waals surface area contributed by atoms with Crippen LogP contribution in [0.1, 0.15) is 17.7 Å². The van der Waals surface area contributed by atoms with E-state index in [0.29, 0.717) is 5.76 Å². The van der Waals surface area contributed by atoms with Gasteiger partial charge in [0.1, 0.15) is 5.82 Å². The standard InChI is InChI=1S/C20H21N5O/c1-2-7-17(8-3-1)9-4-12-21-20(18-10-5-16-26-18)22-14-11-19(24-20)25-15-6-13-23-25/h1-3,5-8,10-11,13-16,21,24H,4,9,12H2. The summed E-state index contributed by atoms with van der Waals surface area (Å²) >= 11 is 0. The lowest BCUT2D eigenvalue weighted by Crippen LogP contribution is -2.54. The predicted octanol–water partition coefficient (Wildman–Crippen LogP) is 2.98. The van der Waals surface area contributed by atoms with Crippen LogP contribution in [-0.4, -0.2) is 22.5 Å². The summed E-state index contributed by atoms with van der Waals surface area (Å²) in [5.74, 6) is 0.708. The van der Waals surface area contributed by atoms with Gasteiger partial charge in [-0.25, -0.2) is 9.67 Å². The Morgan fingerprint density at radius 1 is 1.12 bits per heavy atom. The molecule has 0 bridgehead atoms. The van der Waals surface area contributed by atoms with Gasteiger partial charge in [-0.1, -0.05) is 30.3 Å². The molecule has 1 unspecified atom stereocenters. The Balaban J connectivity index is 1.47. The lowest BCUT2D eigenvalue weighted by atomic mass is 10.1. The molecule has 0 spiro atoms. The van der Waals surface area contributed by atoms with Crippen LogP contribution >= 0.6 is 0 Å². The van der Waals surface area contributed by atoms with Crippen molar-refractivity contribution in [1.82, 2.24) is 20.4 Å². The van der Waals surface area contributed by atoms with E-state index in [1.54, 1.807) is 23.4 Å². The van der Waals surface area contributed by atoms with E-state index >= 15 is 0 Å². The number of allylic oxidation sites excluding steroid dienone is 1. The van der Waals surface area contributed by atoms with Gasteiger partial charge in [-0.15, -0.1) is 0 Å². The summed E-state index contributed by atoms with van der Waals surface area (Å²) in [6.45, 7) is 0.784. The molecule has 0 saturated heterocycles. The monoisotopic (exact) mass is 347 g/mol. The highest BCUT2D eigenvalue weighted by atomic mass is 16.3. The number of nitrogens with one attached hydrogen (secondary N) is 2. The van der Waals surface area contributed by atoms with Gasteiger partial charge in [0.15, 0.2) is 5.76 Å². The minimum Gasteiger partial charge on any atom is -0.463 e. The third kappa shape index (κ3) is 3.45. The number of hydrogen-bond donors (Lipinski definition) is 2. The summed E-state index contributed by atoms with van der Waals surface area (Å²) in [6, 6.07) is 16.2. The van der Waals surface area contributed by atoms with E-state index in [0.717, 1.165) is 25.2 Å². The summed E-state index contributed by atoms with van der Waals surface area (Å²) in [5.41, 5.74) is 1.33. The minimum atomic E-state index is -0.837. The molecule has 2 N–H and O–H groups in total. The van der Waals surface area contributed by atoms with E-state index in [-0.39, 0.29) is 0 Å². The fourth-order valence-corrected chi connectivity index (χ4v) is 3.02. The second-order valence-electron chi connectivity index (χ2n) is 6.11. The van der Waals surface area contributed by atoms with Crippen LogP contribution in [0.3, 0.4) is 0 Å². The molecule has 26 heavy (non-hydrogen) atoms. The van der Waals surface area contributed by atoms with Crippen molar-refractivity contribution in [2.45, 2.75) is 18.6 Å². The van der Waals surface area contributed by atoms with Crippen LogP contribution in [0.2, 0.25) is 0 Å². The van der Waals surface area contributed by atoms with Crippen LogP contribution in [0.15, 0.2) is 82.7 Å². The molecule has 1 aromatic carbocycles. The van der Waals surface area contributed by atoms with Crippen LogP contribution in [-0.2, 0) is 12.2 Å². The first-order chi connectivity index (χ1) is 12.9. The van der Waals surface area contributed by atoms with Gasteiger partial charge in [0.05, 0.1) is 6.26 Å². The van der Waals surface area contributed by atoms with Gasteiger partial charge >= 0.3 is 0 Å². The van der Waals surface area contributed by atoms with Crippen molar-refractivity contribution in [2.75, 3.05) is 6.54 Å². The molecular formula is C20H21N5O. The fourth-order valence-electron chi connectivity index (χ4n) is 3.02. The predicted molar refractivity (Wildman–Crippen MR) is 101 cm³/mol. The highest BCUT2D eigenvalue weighted by molar-refractivity contribution is 5.80. The maximum atomic E-state index is 5.66. The Labute approximate surface area is 152 Å². The van der Waals surface area contributed by atoms with E-state index < -0.39 is 5.79 Å². The van der Waals surface area contributed by atoms with Crippen LogP contribution in [0.5, 0.6) is 0 Å². The summed E-state index contributed by atoms with van der Waals surface area (Å²) in [4.78, 5) is 4.65. The quantitative estimate of drug-likeness (QED) is 0.645. The van der Waals surface area contributed by atoms with E-state index in [1.165, 1.54) is 5.56 Å². The van der Waals surface area contributed by atoms with Crippen molar-refractivity contribution < 1.29 is 4.42 Å². The van der Waals surface area contributed by atoms with Crippen molar-refractivity contribution in [2.24, 2.45) is 4.99 Å².